The molecular weight excluding hydrogens is 304 g/mol. The first-order valence-electron chi connectivity index (χ1n) is 6.31. The molecule has 0 aliphatic rings. The van der Waals surface area contributed by atoms with Gasteiger partial charge in [0.1, 0.15) is 0 Å². The van der Waals surface area contributed by atoms with Crippen LogP contribution in [-0.2, 0) is 4.79 Å². The third kappa shape index (κ3) is 3.48. The molecule has 1 N–H and O–H groups in total. The Morgan fingerprint density at radius 2 is 1.90 bits per heavy atom. The zero-order valence-corrected chi connectivity index (χ0v) is 12.5. The van der Waals surface area contributed by atoms with E-state index < -0.39 is 0 Å². The van der Waals surface area contributed by atoms with E-state index in [4.69, 9.17) is 11.6 Å². The number of rotatable bonds is 3. The van der Waals surface area contributed by atoms with Crippen molar-refractivity contribution in [2.75, 3.05) is 5.32 Å². The van der Waals surface area contributed by atoms with Gasteiger partial charge in [0, 0.05) is 11.1 Å². The van der Waals surface area contributed by atoms with Crippen molar-refractivity contribution in [1.29, 1.82) is 0 Å². The molecule has 0 fully saturated rings. The maximum Gasteiger partial charge on any atom is 0.250 e. The molecule has 1 aromatic heterocycles. The Kier molecular flexibility index (Phi) is 3.99. The minimum absolute atomic E-state index is 0.205. The van der Waals surface area contributed by atoms with Crippen molar-refractivity contribution in [3.8, 4) is 0 Å². The van der Waals surface area contributed by atoms with E-state index in [1.165, 1.54) is 17.4 Å². The third-order valence-electron chi connectivity index (χ3n) is 2.82. The number of thiazole rings is 1. The highest BCUT2D eigenvalue weighted by Gasteiger charge is 2.04. The van der Waals surface area contributed by atoms with E-state index in [2.05, 4.69) is 10.3 Å². The molecule has 3 nitrogen and oxygen atoms in total. The Hall–Kier alpha value is -2.17. The first-order valence-corrected chi connectivity index (χ1v) is 7.50. The molecule has 1 amide bonds. The average Bonchev–Trinajstić information content (AvgIpc) is 2.88. The smallest absolute Gasteiger partial charge is 0.250 e. The van der Waals surface area contributed by atoms with Gasteiger partial charge in [-0.2, -0.15) is 0 Å². The van der Waals surface area contributed by atoms with Gasteiger partial charge in [-0.05, 0) is 35.9 Å². The molecule has 104 valence electrons. The summed E-state index contributed by atoms with van der Waals surface area (Å²) in [6.07, 6.45) is 3.22. The molecule has 0 unspecified atom stereocenters. The molecule has 5 heteroatoms. The Morgan fingerprint density at radius 1 is 1.14 bits per heavy atom. The number of aromatic nitrogens is 1. The van der Waals surface area contributed by atoms with Crippen LogP contribution < -0.4 is 5.32 Å². The number of carbonyl (C=O) groups is 1. The van der Waals surface area contributed by atoms with Gasteiger partial charge in [-0.3, -0.25) is 10.1 Å². The number of carbonyl (C=O) groups excluding carboxylic acids is 1. The van der Waals surface area contributed by atoms with Gasteiger partial charge in [0.2, 0.25) is 5.91 Å². The summed E-state index contributed by atoms with van der Waals surface area (Å²) in [5, 5.41) is 4.04. The number of hydrogen-bond donors (Lipinski definition) is 1. The van der Waals surface area contributed by atoms with Crippen molar-refractivity contribution < 1.29 is 4.79 Å². The van der Waals surface area contributed by atoms with Crippen LogP contribution >= 0.6 is 22.9 Å². The van der Waals surface area contributed by atoms with Gasteiger partial charge in [-0.25, -0.2) is 4.98 Å². The number of halogens is 1. The molecule has 3 rings (SSSR count). The first-order chi connectivity index (χ1) is 10.2. The van der Waals surface area contributed by atoms with E-state index >= 15 is 0 Å². The zero-order chi connectivity index (χ0) is 14.7. The second-order valence-corrected chi connectivity index (χ2v) is 5.83. The summed E-state index contributed by atoms with van der Waals surface area (Å²) in [5.74, 6) is -0.205. The van der Waals surface area contributed by atoms with Crippen molar-refractivity contribution in [3.05, 3.63) is 65.2 Å². The largest absolute Gasteiger partial charge is 0.298 e. The van der Waals surface area contributed by atoms with Crippen molar-refractivity contribution >= 4 is 50.3 Å². The first kappa shape index (κ1) is 13.8. The lowest BCUT2D eigenvalue weighted by atomic mass is 10.2. The molecule has 0 atom stereocenters. The number of amides is 1. The van der Waals surface area contributed by atoms with Crippen molar-refractivity contribution in [1.82, 2.24) is 4.98 Å². The summed E-state index contributed by atoms with van der Waals surface area (Å²) < 4.78 is 1.05. The topological polar surface area (TPSA) is 42.0 Å². The lowest BCUT2D eigenvalue weighted by Crippen LogP contribution is -2.07. The highest BCUT2D eigenvalue weighted by molar-refractivity contribution is 7.22. The molecule has 0 bridgehead atoms. The van der Waals surface area contributed by atoms with Gasteiger partial charge >= 0.3 is 0 Å². The van der Waals surface area contributed by atoms with Crippen LogP contribution in [0.4, 0.5) is 5.13 Å². The monoisotopic (exact) mass is 314 g/mol. The van der Waals surface area contributed by atoms with Gasteiger partial charge in [0.25, 0.3) is 0 Å². The molecule has 0 aliphatic carbocycles. The van der Waals surface area contributed by atoms with Crippen molar-refractivity contribution in [2.24, 2.45) is 0 Å². The average molecular weight is 315 g/mol. The highest BCUT2D eigenvalue weighted by atomic mass is 35.5. The zero-order valence-electron chi connectivity index (χ0n) is 10.9. The number of anilines is 1. The molecule has 2 aromatic carbocycles. The molecule has 0 aliphatic heterocycles. The molecule has 0 radical (unpaired) electrons. The standard InChI is InChI=1S/C16H11ClN2OS/c17-12-8-5-11(6-9-12)7-10-15(20)19-16-18-13-3-1-2-4-14(13)21-16/h1-10H,(H,18,19,20). The van der Waals surface area contributed by atoms with Crippen LogP contribution in [0.1, 0.15) is 5.56 Å². The Bertz CT molecular complexity index is 776. The van der Waals surface area contributed by atoms with Crippen LogP contribution in [0, 0.1) is 0 Å². The Morgan fingerprint density at radius 3 is 2.67 bits per heavy atom. The summed E-state index contributed by atoms with van der Waals surface area (Å²) in [6, 6.07) is 15.0. The fourth-order valence-electron chi connectivity index (χ4n) is 1.82. The molecule has 3 aromatic rings. The quantitative estimate of drug-likeness (QED) is 0.718. The minimum Gasteiger partial charge on any atom is -0.298 e. The van der Waals surface area contributed by atoms with Gasteiger partial charge < -0.3 is 0 Å². The molecule has 0 spiro atoms. The minimum atomic E-state index is -0.205. The van der Waals surface area contributed by atoms with Crippen LogP contribution in [0.3, 0.4) is 0 Å². The molecule has 1 heterocycles. The van der Waals surface area contributed by atoms with Crippen molar-refractivity contribution in [2.45, 2.75) is 0 Å². The highest BCUT2D eigenvalue weighted by Crippen LogP contribution is 2.25. The van der Waals surface area contributed by atoms with Crippen molar-refractivity contribution in [3.63, 3.8) is 0 Å². The molecular formula is C16H11ClN2OS. The van der Waals surface area contributed by atoms with E-state index in [0.717, 1.165) is 15.8 Å². The predicted octanol–water partition coefficient (Wildman–Crippen LogP) is 4.60. The lowest BCUT2D eigenvalue weighted by Gasteiger charge is -1.96. The SMILES string of the molecule is O=C(C=Cc1ccc(Cl)cc1)Nc1nc2ccccc2s1. The van der Waals surface area contributed by atoms with Gasteiger partial charge in [-0.1, -0.05) is 47.2 Å². The maximum absolute atomic E-state index is 11.9. The molecule has 0 saturated heterocycles. The maximum atomic E-state index is 11.9. The molecule has 21 heavy (non-hydrogen) atoms. The Labute approximate surface area is 130 Å². The second kappa shape index (κ2) is 6.08. The number of nitrogens with one attached hydrogen (secondary N) is 1. The number of para-hydroxylation sites is 1. The number of benzene rings is 2. The number of nitrogens with zero attached hydrogens (tertiary/aromatic N) is 1. The lowest BCUT2D eigenvalue weighted by molar-refractivity contribution is -0.111. The van der Waals surface area contributed by atoms with Gasteiger partial charge in [-0.15, -0.1) is 0 Å². The number of fused-ring (bicyclic) bond motifs is 1. The van der Waals surface area contributed by atoms with E-state index in [0.29, 0.717) is 10.2 Å². The van der Waals surface area contributed by atoms with E-state index in [1.54, 1.807) is 18.2 Å². The second-order valence-electron chi connectivity index (χ2n) is 4.36. The van der Waals surface area contributed by atoms with Crippen LogP contribution in [0.5, 0.6) is 0 Å². The summed E-state index contributed by atoms with van der Waals surface area (Å²) >= 11 is 7.26. The summed E-state index contributed by atoms with van der Waals surface area (Å²) in [7, 11) is 0. The summed E-state index contributed by atoms with van der Waals surface area (Å²) in [5.41, 5.74) is 1.80. The summed E-state index contributed by atoms with van der Waals surface area (Å²) in [6.45, 7) is 0. The number of hydrogen-bond acceptors (Lipinski definition) is 3. The fraction of sp³-hybridized carbons (Fsp3) is 0. The van der Waals surface area contributed by atoms with E-state index in [-0.39, 0.29) is 5.91 Å². The Balaban J connectivity index is 1.69. The fourth-order valence-corrected chi connectivity index (χ4v) is 2.81. The van der Waals surface area contributed by atoms with Crippen LogP contribution in [0.2, 0.25) is 5.02 Å². The molecule has 0 saturated carbocycles. The van der Waals surface area contributed by atoms with Crippen LogP contribution in [0.15, 0.2) is 54.6 Å². The normalized spacial score (nSPS) is 11.1. The van der Waals surface area contributed by atoms with Crippen LogP contribution in [-0.4, -0.2) is 10.9 Å². The predicted molar refractivity (Wildman–Crippen MR) is 88.7 cm³/mol. The summed E-state index contributed by atoms with van der Waals surface area (Å²) in [4.78, 5) is 16.2. The van der Waals surface area contributed by atoms with Gasteiger partial charge in [0.15, 0.2) is 5.13 Å². The van der Waals surface area contributed by atoms with Crippen LogP contribution in [0.25, 0.3) is 16.3 Å². The van der Waals surface area contributed by atoms with Gasteiger partial charge in [0.05, 0.1) is 10.2 Å². The van der Waals surface area contributed by atoms with E-state index in [1.807, 2.05) is 36.4 Å². The van der Waals surface area contributed by atoms with E-state index in [9.17, 15) is 4.79 Å². The third-order valence-corrected chi connectivity index (χ3v) is 4.02.